The van der Waals surface area contributed by atoms with Crippen molar-refractivity contribution in [3.05, 3.63) is 27.1 Å². The van der Waals surface area contributed by atoms with E-state index >= 15 is 0 Å². The summed E-state index contributed by atoms with van der Waals surface area (Å²) < 4.78 is 1.39. The number of hydrogen-bond acceptors (Lipinski definition) is 4. The molecule has 0 aliphatic carbocycles. The van der Waals surface area contributed by atoms with Crippen molar-refractivity contribution in [2.24, 2.45) is 5.41 Å². The van der Waals surface area contributed by atoms with Crippen LogP contribution >= 0.6 is 11.3 Å². The number of nitrogens with zero attached hydrogens (tertiary/aromatic N) is 2. The molecule has 132 valence electrons. The third-order valence-electron chi connectivity index (χ3n) is 3.92. The Morgan fingerprint density at radius 2 is 1.88 bits per heavy atom. The number of aryl methyl sites for hydroxylation is 2. The molecule has 0 aliphatic heterocycles. The van der Waals surface area contributed by atoms with Gasteiger partial charge in [-0.3, -0.25) is 14.2 Å². The molecule has 2 heterocycles. The third-order valence-corrected chi connectivity index (χ3v) is 5.04. The lowest BCUT2D eigenvalue weighted by Gasteiger charge is -2.33. The molecule has 24 heavy (non-hydrogen) atoms. The predicted molar refractivity (Wildman–Crippen MR) is 99.6 cm³/mol. The van der Waals surface area contributed by atoms with Crippen molar-refractivity contribution in [3.63, 3.8) is 0 Å². The summed E-state index contributed by atoms with van der Waals surface area (Å²) in [6, 6.07) is 0. The van der Waals surface area contributed by atoms with Gasteiger partial charge in [-0.05, 0) is 45.1 Å². The first-order valence-corrected chi connectivity index (χ1v) is 8.97. The Morgan fingerprint density at radius 1 is 1.25 bits per heavy atom. The van der Waals surface area contributed by atoms with E-state index in [0.717, 1.165) is 21.7 Å². The lowest BCUT2D eigenvalue weighted by Crippen LogP contribution is -2.47. The Bertz CT molecular complexity index is 825. The number of nitrogens with one attached hydrogen (secondary N) is 1. The highest BCUT2D eigenvalue weighted by molar-refractivity contribution is 7.18. The topological polar surface area (TPSA) is 64.0 Å². The van der Waals surface area contributed by atoms with Gasteiger partial charge in [0.15, 0.2) is 0 Å². The standard InChI is InChI=1S/C18H27N3O2S/c1-11-12(2)24-15-14(11)16(23)21(10-19-15)8-13(22)20-18(6,7)9-17(3,4)5/h10H,8-9H2,1-7H3,(H,20,22). The molecule has 0 aliphatic rings. The monoisotopic (exact) mass is 349 g/mol. The Kier molecular flexibility index (Phi) is 4.91. The van der Waals surface area contributed by atoms with Gasteiger partial charge < -0.3 is 5.32 Å². The second kappa shape index (κ2) is 6.31. The van der Waals surface area contributed by atoms with E-state index in [1.807, 2.05) is 27.7 Å². The van der Waals surface area contributed by atoms with Crippen LogP contribution < -0.4 is 10.9 Å². The zero-order chi connectivity index (χ0) is 18.3. The molecule has 0 spiro atoms. The van der Waals surface area contributed by atoms with Gasteiger partial charge in [0.2, 0.25) is 5.91 Å². The first-order valence-electron chi connectivity index (χ1n) is 8.16. The van der Waals surface area contributed by atoms with E-state index in [1.165, 1.54) is 22.2 Å². The first kappa shape index (κ1) is 18.6. The Morgan fingerprint density at radius 3 is 2.46 bits per heavy atom. The minimum absolute atomic E-state index is 0.0102. The summed E-state index contributed by atoms with van der Waals surface area (Å²) in [6.07, 6.45) is 2.32. The highest BCUT2D eigenvalue weighted by Gasteiger charge is 2.27. The minimum Gasteiger partial charge on any atom is -0.350 e. The molecule has 0 atom stereocenters. The summed E-state index contributed by atoms with van der Waals surface area (Å²) in [5.74, 6) is -0.169. The molecule has 0 fully saturated rings. The van der Waals surface area contributed by atoms with Crippen LogP contribution in [0.2, 0.25) is 0 Å². The van der Waals surface area contributed by atoms with Gasteiger partial charge in [0.05, 0.1) is 11.7 Å². The summed E-state index contributed by atoms with van der Waals surface area (Å²) in [7, 11) is 0. The normalized spacial score (nSPS) is 12.6. The van der Waals surface area contributed by atoms with E-state index in [1.54, 1.807) is 0 Å². The maximum Gasteiger partial charge on any atom is 0.262 e. The minimum atomic E-state index is -0.328. The van der Waals surface area contributed by atoms with E-state index in [9.17, 15) is 9.59 Å². The highest BCUT2D eigenvalue weighted by atomic mass is 32.1. The maximum atomic E-state index is 12.6. The van der Waals surface area contributed by atoms with E-state index in [-0.39, 0.29) is 29.0 Å². The number of thiophene rings is 1. The number of carbonyl (C=O) groups is 1. The molecule has 2 aromatic rings. The van der Waals surface area contributed by atoms with E-state index in [0.29, 0.717) is 5.39 Å². The maximum absolute atomic E-state index is 12.6. The van der Waals surface area contributed by atoms with Crippen LogP contribution in [0.1, 0.15) is 51.5 Å². The molecular formula is C18H27N3O2S. The number of hydrogen-bond donors (Lipinski definition) is 1. The van der Waals surface area contributed by atoms with Gasteiger partial charge in [0.1, 0.15) is 11.4 Å². The summed E-state index contributed by atoms with van der Waals surface area (Å²) in [6.45, 7) is 14.3. The van der Waals surface area contributed by atoms with Gasteiger partial charge in [-0.2, -0.15) is 0 Å². The van der Waals surface area contributed by atoms with Gasteiger partial charge in [-0.1, -0.05) is 20.8 Å². The molecule has 0 radical (unpaired) electrons. The van der Waals surface area contributed by atoms with E-state index in [2.05, 4.69) is 31.1 Å². The van der Waals surface area contributed by atoms with Gasteiger partial charge in [0.25, 0.3) is 5.56 Å². The van der Waals surface area contributed by atoms with Crippen molar-refractivity contribution in [1.82, 2.24) is 14.9 Å². The number of carbonyl (C=O) groups excluding carboxylic acids is 1. The molecule has 0 saturated carbocycles. The van der Waals surface area contributed by atoms with Gasteiger partial charge in [0, 0.05) is 10.4 Å². The van der Waals surface area contributed by atoms with Gasteiger partial charge >= 0.3 is 0 Å². The third kappa shape index (κ3) is 4.23. The summed E-state index contributed by atoms with van der Waals surface area (Å²) >= 11 is 1.51. The molecule has 2 rings (SSSR count). The Labute approximate surface area is 147 Å². The van der Waals surface area contributed by atoms with Crippen LogP contribution in [0.15, 0.2) is 11.1 Å². The lowest BCUT2D eigenvalue weighted by molar-refractivity contribution is -0.123. The number of rotatable bonds is 4. The second-order valence-electron chi connectivity index (χ2n) is 8.31. The zero-order valence-corrected chi connectivity index (χ0v) is 16.4. The smallest absolute Gasteiger partial charge is 0.262 e. The van der Waals surface area contributed by atoms with Crippen molar-refractivity contribution in [3.8, 4) is 0 Å². The van der Waals surface area contributed by atoms with Gasteiger partial charge in [-0.25, -0.2) is 4.98 Å². The first-order chi connectivity index (χ1) is 10.9. The van der Waals surface area contributed by atoms with Crippen molar-refractivity contribution < 1.29 is 4.79 Å². The number of amides is 1. The van der Waals surface area contributed by atoms with E-state index in [4.69, 9.17) is 0 Å². The molecule has 0 unspecified atom stereocenters. The number of fused-ring (bicyclic) bond motifs is 1. The van der Waals surface area contributed by atoms with Crippen molar-refractivity contribution in [2.75, 3.05) is 0 Å². The molecule has 1 N–H and O–H groups in total. The fourth-order valence-electron chi connectivity index (χ4n) is 3.32. The molecule has 0 bridgehead atoms. The second-order valence-corrected chi connectivity index (χ2v) is 9.51. The van der Waals surface area contributed by atoms with Crippen LogP contribution in [-0.2, 0) is 11.3 Å². The van der Waals surface area contributed by atoms with Crippen LogP contribution in [0, 0.1) is 19.3 Å². The quantitative estimate of drug-likeness (QED) is 0.920. The molecule has 5 nitrogen and oxygen atoms in total. The van der Waals surface area contributed by atoms with Crippen LogP contribution in [0.5, 0.6) is 0 Å². The van der Waals surface area contributed by atoms with Crippen molar-refractivity contribution in [2.45, 2.75) is 67.0 Å². The van der Waals surface area contributed by atoms with Crippen molar-refractivity contribution in [1.29, 1.82) is 0 Å². The average Bonchev–Trinajstić information content (AvgIpc) is 2.65. The van der Waals surface area contributed by atoms with Crippen molar-refractivity contribution >= 4 is 27.5 Å². The fraction of sp³-hybridized carbons (Fsp3) is 0.611. The largest absolute Gasteiger partial charge is 0.350 e. The molecule has 0 saturated heterocycles. The molecule has 2 aromatic heterocycles. The molecular weight excluding hydrogens is 322 g/mol. The SMILES string of the molecule is Cc1sc2ncn(CC(=O)NC(C)(C)CC(C)(C)C)c(=O)c2c1C. The Hall–Kier alpha value is -1.69. The fourth-order valence-corrected chi connectivity index (χ4v) is 4.31. The summed E-state index contributed by atoms with van der Waals surface area (Å²) in [4.78, 5) is 31.2. The summed E-state index contributed by atoms with van der Waals surface area (Å²) in [5.41, 5.74) is 0.589. The summed E-state index contributed by atoms with van der Waals surface area (Å²) in [5, 5.41) is 3.66. The highest BCUT2D eigenvalue weighted by Crippen LogP contribution is 2.27. The van der Waals surface area contributed by atoms with Crippen LogP contribution in [0.4, 0.5) is 0 Å². The van der Waals surface area contributed by atoms with Gasteiger partial charge in [-0.15, -0.1) is 11.3 Å². The molecule has 0 aromatic carbocycles. The number of aromatic nitrogens is 2. The van der Waals surface area contributed by atoms with Crippen LogP contribution in [0.3, 0.4) is 0 Å². The van der Waals surface area contributed by atoms with Crippen LogP contribution in [-0.4, -0.2) is 21.0 Å². The predicted octanol–water partition coefficient (Wildman–Crippen LogP) is 3.41. The van der Waals surface area contributed by atoms with Crippen LogP contribution in [0.25, 0.3) is 10.2 Å². The molecule has 1 amide bonds. The van der Waals surface area contributed by atoms with E-state index < -0.39 is 0 Å². The zero-order valence-electron chi connectivity index (χ0n) is 15.6. The lowest BCUT2D eigenvalue weighted by atomic mass is 9.82. The Balaban J connectivity index is 2.21. The molecule has 6 heteroatoms. The average molecular weight is 350 g/mol.